The van der Waals surface area contributed by atoms with Crippen molar-refractivity contribution < 1.29 is 29.7 Å². The largest absolute Gasteiger partial charge is 0.481 e. The van der Waals surface area contributed by atoms with Crippen LogP contribution in [0, 0.1) is 5.41 Å². The Labute approximate surface area is 195 Å². The molecule has 32 heavy (non-hydrogen) atoms. The fourth-order valence-corrected chi connectivity index (χ4v) is 4.32. The van der Waals surface area contributed by atoms with Crippen molar-refractivity contribution in [3.05, 3.63) is 0 Å². The van der Waals surface area contributed by atoms with Crippen LogP contribution in [0.15, 0.2) is 0 Å². The average molecular weight is 457 g/mol. The molecule has 0 rings (SSSR count). The molecule has 188 valence electrons. The zero-order chi connectivity index (χ0) is 24.1. The third-order valence-electron chi connectivity index (χ3n) is 6.52. The maximum Gasteiger partial charge on any atom is 0.321 e. The monoisotopic (exact) mass is 456 g/mol. The van der Waals surface area contributed by atoms with Crippen LogP contribution in [-0.2, 0) is 14.4 Å². The van der Waals surface area contributed by atoms with Gasteiger partial charge in [-0.25, -0.2) is 0 Å². The van der Waals surface area contributed by atoms with Gasteiger partial charge in [0.25, 0.3) is 0 Å². The second-order valence-electron chi connectivity index (χ2n) is 9.35. The molecular weight excluding hydrogens is 408 g/mol. The predicted octanol–water partition coefficient (Wildman–Crippen LogP) is 7.44. The summed E-state index contributed by atoms with van der Waals surface area (Å²) in [7, 11) is 0. The molecule has 0 aliphatic rings. The number of hydrogen-bond donors (Lipinski definition) is 3. The minimum atomic E-state index is -1.64. The van der Waals surface area contributed by atoms with E-state index in [2.05, 4.69) is 6.92 Å². The summed E-state index contributed by atoms with van der Waals surface area (Å²) in [5.74, 6) is -3.14. The Morgan fingerprint density at radius 1 is 0.500 bits per heavy atom. The fraction of sp³-hybridized carbons (Fsp3) is 0.885. The number of hydrogen-bond acceptors (Lipinski definition) is 3. The second kappa shape index (κ2) is 20.0. The van der Waals surface area contributed by atoms with Crippen molar-refractivity contribution in [3.63, 3.8) is 0 Å². The molecule has 6 heteroatoms. The molecule has 3 N–H and O–H groups in total. The highest BCUT2D eigenvalue weighted by atomic mass is 16.4. The highest BCUT2D eigenvalue weighted by Crippen LogP contribution is 2.33. The first-order valence-corrected chi connectivity index (χ1v) is 13.1. The maximum absolute atomic E-state index is 11.8. The molecule has 0 aromatic rings. The summed E-state index contributed by atoms with van der Waals surface area (Å²) in [6, 6.07) is 0. The molecule has 0 heterocycles. The van der Waals surface area contributed by atoms with E-state index in [1.54, 1.807) is 0 Å². The highest BCUT2D eigenvalue weighted by molar-refractivity contribution is 5.98. The Bertz CT molecular complexity index is 489. The number of carboxylic acid groups (broad SMARTS) is 3. The smallest absolute Gasteiger partial charge is 0.321 e. The lowest BCUT2D eigenvalue weighted by atomic mass is 9.78. The molecule has 0 fully saturated rings. The summed E-state index contributed by atoms with van der Waals surface area (Å²) in [6.07, 6.45) is 19.2. The summed E-state index contributed by atoms with van der Waals surface area (Å²) in [5.41, 5.74) is -1.64. The summed E-state index contributed by atoms with van der Waals surface area (Å²) in [5, 5.41) is 28.0. The molecule has 0 aromatic heterocycles. The first-order chi connectivity index (χ1) is 15.4. The van der Waals surface area contributed by atoms with Gasteiger partial charge in [-0.05, 0) is 19.3 Å². The van der Waals surface area contributed by atoms with Crippen LogP contribution in [0.5, 0.6) is 0 Å². The van der Waals surface area contributed by atoms with Gasteiger partial charge < -0.3 is 15.3 Å². The van der Waals surface area contributed by atoms with E-state index in [-0.39, 0.29) is 19.3 Å². The molecule has 0 spiro atoms. The van der Waals surface area contributed by atoms with Crippen molar-refractivity contribution in [1.82, 2.24) is 0 Å². The van der Waals surface area contributed by atoms with E-state index in [9.17, 15) is 24.6 Å². The SMILES string of the molecule is CCCCCCCCCCCCC(CCCCCCCCCCC(=O)O)(C(=O)O)C(=O)O. The third kappa shape index (κ3) is 15.3. The maximum atomic E-state index is 11.8. The van der Waals surface area contributed by atoms with E-state index in [1.165, 1.54) is 38.5 Å². The minimum Gasteiger partial charge on any atom is -0.481 e. The number of carbonyl (C=O) groups is 3. The molecule has 0 aliphatic carbocycles. The predicted molar refractivity (Wildman–Crippen MR) is 128 cm³/mol. The van der Waals surface area contributed by atoms with Gasteiger partial charge in [-0.15, -0.1) is 0 Å². The van der Waals surface area contributed by atoms with E-state index >= 15 is 0 Å². The van der Waals surface area contributed by atoms with Crippen molar-refractivity contribution in [2.45, 2.75) is 142 Å². The van der Waals surface area contributed by atoms with Crippen molar-refractivity contribution >= 4 is 17.9 Å². The van der Waals surface area contributed by atoms with Crippen molar-refractivity contribution in [2.24, 2.45) is 5.41 Å². The zero-order valence-corrected chi connectivity index (χ0v) is 20.4. The third-order valence-corrected chi connectivity index (χ3v) is 6.52. The van der Waals surface area contributed by atoms with E-state index in [0.29, 0.717) is 19.3 Å². The lowest BCUT2D eigenvalue weighted by molar-refractivity contribution is -0.166. The summed E-state index contributed by atoms with van der Waals surface area (Å²) in [6.45, 7) is 2.21. The van der Waals surface area contributed by atoms with E-state index < -0.39 is 23.3 Å². The van der Waals surface area contributed by atoms with Crippen molar-refractivity contribution in [3.8, 4) is 0 Å². The van der Waals surface area contributed by atoms with Gasteiger partial charge in [-0.1, -0.05) is 116 Å². The van der Waals surface area contributed by atoms with Crippen LogP contribution < -0.4 is 0 Å². The Kier molecular flexibility index (Phi) is 19.1. The Hall–Kier alpha value is -1.59. The zero-order valence-electron chi connectivity index (χ0n) is 20.4. The molecule has 0 aliphatic heterocycles. The van der Waals surface area contributed by atoms with Gasteiger partial charge in [0.2, 0.25) is 0 Å². The molecule has 0 saturated carbocycles. The van der Waals surface area contributed by atoms with Gasteiger partial charge in [0.1, 0.15) is 0 Å². The molecule has 0 radical (unpaired) electrons. The van der Waals surface area contributed by atoms with Crippen LogP contribution in [0.25, 0.3) is 0 Å². The normalized spacial score (nSPS) is 11.5. The molecule has 6 nitrogen and oxygen atoms in total. The van der Waals surface area contributed by atoms with Gasteiger partial charge in [-0.2, -0.15) is 0 Å². The highest BCUT2D eigenvalue weighted by Gasteiger charge is 2.45. The first kappa shape index (κ1) is 30.4. The topological polar surface area (TPSA) is 112 Å². The lowest BCUT2D eigenvalue weighted by Gasteiger charge is -2.25. The van der Waals surface area contributed by atoms with Crippen LogP contribution >= 0.6 is 0 Å². The van der Waals surface area contributed by atoms with Gasteiger partial charge in [0.05, 0.1) is 0 Å². The number of unbranched alkanes of at least 4 members (excludes halogenated alkanes) is 16. The standard InChI is InChI=1S/C26H48O6/c1-2-3-4-5-6-7-9-12-15-18-21-26(24(29)30,25(31)32)22-19-16-13-10-8-11-14-17-20-23(27)28/h2-22H2,1H3,(H,27,28)(H,29,30)(H,31,32). The quantitative estimate of drug-likeness (QED) is 0.103. The van der Waals surface area contributed by atoms with Gasteiger partial charge >= 0.3 is 17.9 Å². The van der Waals surface area contributed by atoms with Crippen molar-refractivity contribution in [2.75, 3.05) is 0 Å². The minimum absolute atomic E-state index is 0.202. The Morgan fingerprint density at radius 2 is 0.812 bits per heavy atom. The summed E-state index contributed by atoms with van der Waals surface area (Å²) < 4.78 is 0. The first-order valence-electron chi connectivity index (χ1n) is 13.1. The molecule has 0 bridgehead atoms. The lowest BCUT2D eigenvalue weighted by Crippen LogP contribution is -2.39. The molecule has 0 saturated heterocycles. The molecule has 0 aromatic carbocycles. The van der Waals surface area contributed by atoms with Gasteiger partial charge in [0, 0.05) is 6.42 Å². The number of carboxylic acids is 3. The van der Waals surface area contributed by atoms with E-state index in [0.717, 1.165) is 57.8 Å². The fourth-order valence-electron chi connectivity index (χ4n) is 4.32. The van der Waals surface area contributed by atoms with Crippen molar-refractivity contribution in [1.29, 1.82) is 0 Å². The van der Waals surface area contributed by atoms with Gasteiger partial charge in [0.15, 0.2) is 5.41 Å². The molecule has 0 amide bonds. The molecule has 0 atom stereocenters. The van der Waals surface area contributed by atoms with Crippen LogP contribution in [0.3, 0.4) is 0 Å². The van der Waals surface area contributed by atoms with Crippen LogP contribution in [0.4, 0.5) is 0 Å². The Morgan fingerprint density at radius 3 is 1.12 bits per heavy atom. The number of rotatable bonds is 24. The number of aliphatic carboxylic acids is 3. The summed E-state index contributed by atoms with van der Waals surface area (Å²) >= 11 is 0. The second-order valence-corrected chi connectivity index (χ2v) is 9.35. The molecule has 0 unspecified atom stereocenters. The van der Waals surface area contributed by atoms with Crippen LogP contribution in [-0.4, -0.2) is 33.2 Å². The van der Waals surface area contributed by atoms with Gasteiger partial charge in [-0.3, -0.25) is 14.4 Å². The van der Waals surface area contributed by atoms with E-state index in [4.69, 9.17) is 5.11 Å². The van der Waals surface area contributed by atoms with E-state index in [1.807, 2.05) is 0 Å². The average Bonchev–Trinajstić information content (AvgIpc) is 2.74. The summed E-state index contributed by atoms with van der Waals surface area (Å²) in [4.78, 5) is 34.2. The van der Waals surface area contributed by atoms with Crippen LogP contribution in [0.2, 0.25) is 0 Å². The Balaban J connectivity index is 4.02. The van der Waals surface area contributed by atoms with Crippen LogP contribution in [0.1, 0.15) is 142 Å². The molecular formula is C26H48O6.